The number of ketones is 1. The Bertz CT molecular complexity index is 1160. The lowest BCUT2D eigenvalue weighted by Gasteiger charge is -2.32. The quantitative estimate of drug-likeness (QED) is 0.445. The molecule has 6 nitrogen and oxygen atoms in total. The number of nitrogens with zero attached hydrogens (tertiary/aromatic N) is 3. The molecule has 1 aromatic heterocycles. The zero-order valence-electron chi connectivity index (χ0n) is 19.7. The number of amides is 1. The second-order valence-corrected chi connectivity index (χ2v) is 8.72. The van der Waals surface area contributed by atoms with Crippen LogP contribution >= 0.6 is 0 Å². The van der Waals surface area contributed by atoms with Gasteiger partial charge in [0.05, 0.1) is 19.3 Å². The molecule has 0 radical (unpaired) electrons. The van der Waals surface area contributed by atoms with Gasteiger partial charge in [-0.25, -0.2) is 4.39 Å². The molecular formula is C27H30FN3O3. The molecule has 4 rings (SSSR count). The molecule has 1 unspecified atom stereocenters. The summed E-state index contributed by atoms with van der Waals surface area (Å²) in [4.78, 5) is 27.3. The van der Waals surface area contributed by atoms with Crippen LogP contribution < -0.4 is 9.64 Å². The van der Waals surface area contributed by atoms with Crippen molar-refractivity contribution in [2.75, 3.05) is 18.6 Å². The number of aromatic nitrogens is 2. The fraction of sp³-hybridized carbons (Fsp3) is 0.370. The fourth-order valence-electron chi connectivity index (χ4n) is 4.44. The van der Waals surface area contributed by atoms with E-state index in [1.165, 1.54) is 12.1 Å². The molecule has 1 saturated heterocycles. The van der Waals surface area contributed by atoms with E-state index in [9.17, 15) is 14.0 Å². The summed E-state index contributed by atoms with van der Waals surface area (Å²) < 4.78 is 20.2. The van der Waals surface area contributed by atoms with E-state index in [-0.39, 0.29) is 30.0 Å². The van der Waals surface area contributed by atoms with Gasteiger partial charge in [0.25, 0.3) is 0 Å². The van der Waals surface area contributed by atoms with Crippen molar-refractivity contribution in [2.24, 2.45) is 5.92 Å². The van der Waals surface area contributed by atoms with E-state index in [0.29, 0.717) is 25.8 Å². The van der Waals surface area contributed by atoms with Crippen LogP contribution in [0.3, 0.4) is 0 Å². The van der Waals surface area contributed by atoms with Gasteiger partial charge in [0.2, 0.25) is 5.91 Å². The summed E-state index contributed by atoms with van der Waals surface area (Å²) in [5.41, 5.74) is 3.37. The lowest BCUT2D eigenvalue weighted by atomic mass is 9.90. The molecule has 0 saturated carbocycles. The van der Waals surface area contributed by atoms with Crippen LogP contribution in [0.4, 0.5) is 10.1 Å². The van der Waals surface area contributed by atoms with Crippen LogP contribution in [-0.4, -0.2) is 35.1 Å². The average molecular weight is 464 g/mol. The van der Waals surface area contributed by atoms with Crippen molar-refractivity contribution < 1.29 is 18.7 Å². The number of hydrogen-bond donors (Lipinski definition) is 0. The Kier molecular flexibility index (Phi) is 7.40. The Morgan fingerprint density at radius 1 is 1.18 bits per heavy atom. The molecule has 178 valence electrons. The normalized spacial score (nSPS) is 16.0. The minimum atomic E-state index is -0.290. The summed E-state index contributed by atoms with van der Waals surface area (Å²) in [6.07, 6.45) is 3.18. The largest absolute Gasteiger partial charge is 0.497 e. The van der Waals surface area contributed by atoms with Gasteiger partial charge >= 0.3 is 0 Å². The third-order valence-corrected chi connectivity index (χ3v) is 6.41. The number of carbonyl (C=O) groups is 2. The molecule has 34 heavy (non-hydrogen) atoms. The number of methoxy groups -OCH3 is 1. The number of Topliss-reactive ketones (excluding diaryl/α,β-unsaturated/α-hetero) is 1. The van der Waals surface area contributed by atoms with E-state index >= 15 is 0 Å². The molecular weight excluding hydrogens is 433 g/mol. The Hall–Kier alpha value is -3.48. The lowest BCUT2D eigenvalue weighted by Crippen LogP contribution is -2.39. The highest BCUT2D eigenvalue weighted by Gasteiger charge is 2.27. The van der Waals surface area contributed by atoms with Gasteiger partial charge < -0.3 is 9.64 Å². The van der Waals surface area contributed by atoms with Crippen molar-refractivity contribution in [2.45, 2.75) is 45.6 Å². The SMILES string of the molecule is CCc1cc(-c2ccc(F)cc2)nn1CC(=O)CCC1CCN(c2cccc(OC)c2)C(=O)C1. The maximum absolute atomic E-state index is 13.2. The molecule has 1 aliphatic heterocycles. The first kappa shape index (κ1) is 23.7. The van der Waals surface area contributed by atoms with Crippen molar-refractivity contribution in [1.82, 2.24) is 9.78 Å². The number of anilines is 1. The highest BCUT2D eigenvalue weighted by atomic mass is 19.1. The number of piperidine rings is 1. The second-order valence-electron chi connectivity index (χ2n) is 8.72. The number of hydrogen-bond acceptors (Lipinski definition) is 4. The minimum absolute atomic E-state index is 0.0845. The van der Waals surface area contributed by atoms with Gasteiger partial charge in [0.1, 0.15) is 11.6 Å². The highest BCUT2D eigenvalue weighted by molar-refractivity contribution is 5.94. The van der Waals surface area contributed by atoms with Crippen LogP contribution in [0.5, 0.6) is 5.75 Å². The van der Waals surface area contributed by atoms with Gasteiger partial charge in [-0.15, -0.1) is 0 Å². The molecule has 3 aromatic rings. The first-order valence-electron chi connectivity index (χ1n) is 11.8. The minimum Gasteiger partial charge on any atom is -0.497 e. The van der Waals surface area contributed by atoms with Gasteiger partial charge in [-0.05, 0) is 67.6 Å². The van der Waals surface area contributed by atoms with Crippen LogP contribution in [0.1, 0.15) is 38.3 Å². The number of ether oxygens (including phenoxy) is 1. The Labute approximate surface area is 199 Å². The van der Waals surface area contributed by atoms with Crippen molar-refractivity contribution in [3.05, 3.63) is 66.1 Å². The number of rotatable bonds is 9. The molecule has 1 fully saturated rings. The molecule has 1 amide bonds. The molecule has 2 aromatic carbocycles. The standard InChI is InChI=1S/C27H30FN3O3/c1-3-22-17-26(20-8-10-21(28)11-9-20)29-31(22)18-24(32)12-7-19-13-14-30(27(33)15-19)23-5-4-6-25(16-23)34-2/h4-6,8-11,16-17,19H,3,7,12-15,18H2,1-2H3. The van der Waals surface area contributed by atoms with Gasteiger partial charge in [-0.2, -0.15) is 5.10 Å². The molecule has 2 heterocycles. The van der Waals surface area contributed by atoms with E-state index in [2.05, 4.69) is 5.10 Å². The van der Waals surface area contributed by atoms with E-state index in [0.717, 1.165) is 41.2 Å². The molecule has 0 N–H and O–H groups in total. The zero-order valence-corrected chi connectivity index (χ0v) is 19.7. The molecule has 0 aliphatic carbocycles. The van der Waals surface area contributed by atoms with E-state index in [4.69, 9.17) is 4.74 Å². The summed E-state index contributed by atoms with van der Waals surface area (Å²) in [5, 5.41) is 4.59. The van der Waals surface area contributed by atoms with Crippen molar-refractivity contribution in [1.29, 1.82) is 0 Å². The predicted molar refractivity (Wildman–Crippen MR) is 129 cm³/mol. The van der Waals surface area contributed by atoms with Crippen molar-refractivity contribution in [3.8, 4) is 17.0 Å². The van der Waals surface area contributed by atoms with Crippen LogP contribution in [0.2, 0.25) is 0 Å². The predicted octanol–water partition coefficient (Wildman–Crippen LogP) is 5.05. The Balaban J connectivity index is 1.31. The fourth-order valence-corrected chi connectivity index (χ4v) is 4.44. The lowest BCUT2D eigenvalue weighted by molar-refractivity contribution is -0.122. The molecule has 1 aliphatic rings. The molecule has 7 heteroatoms. The highest BCUT2D eigenvalue weighted by Crippen LogP contribution is 2.29. The van der Waals surface area contributed by atoms with Gasteiger partial charge in [0.15, 0.2) is 5.78 Å². The smallest absolute Gasteiger partial charge is 0.227 e. The summed E-state index contributed by atoms with van der Waals surface area (Å²) in [5.74, 6) is 0.830. The molecule has 0 bridgehead atoms. The van der Waals surface area contributed by atoms with E-state index in [1.54, 1.807) is 28.8 Å². The van der Waals surface area contributed by atoms with Gasteiger partial charge in [0, 0.05) is 42.4 Å². The van der Waals surface area contributed by atoms with Crippen LogP contribution in [0.15, 0.2) is 54.6 Å². The Morgan fingerprint density at radius 2 is 1.97 bits per heavy atom. The zero-order chi connectivity index (χ0) is 24.1. The number of halogens is 1. The van der Waals surface area contributed by atoms with Crippen molar-refractivity contribution in [3.63, 3.8) is 0 Å². The third-order valence-electron chi connectivity index (χ3n) is 6.41. The topological polar surface area (TPSA) is 64.4 Å². The first-order chi connectivity index (χ1) is 16.5. The van der Waals surface area contributed by atoms with Crippen LogP contribution in [-0.2, 0) is 22.6 Å². The summed E-state index contributed by atoms with van der Waals surface area (Å²) >= 11 is 0. The van der Waals surface area contributed by atoms with E-state index in [1.807, 2.05) is 37.3 Å². The third kappa shape index (κ3) is 5.53. The number of benzene rings is 2. The second kappa shape index (κ2) is 10.6. The van der Waals surface area contributed by atoms with Crippen LogP contribution in [0.25, 0.3) is 11.3 Å². The van der Waals surface area contributed by atoms with Gasteiger partial charge in [-0.1, -0.05) is 13.0 Å². The van der Waals surface area contributed by atoms with Gasteiger partial charge in [-0.3, -0.25) is 14.3 Å². The number of carbonyl (C=O) groups excluding carboxylic acids is 2. The maximum atomic E-state index is 13.2. The molecule has 0 spiro atoms. The monoisotopic (exact) mass is 463 g/mol. The molecule has 1 atom stereocenters. The number of aryl methyl sites for hydroxylation is 1. The Morgan fingerprint density at radius 3 is 2.68 bits per heavy atom. The first-order valence-corrected chi connectivity index (χ1v) is 11.8. The summed E-state index contributed by atoms with van der Waals surface area (Å²) in [7, 11) is 1.61. The summed E-state index contributed by atoms with van der Waals surface area (Å²) in [6, 6.07) is 15.7. The van der Waals surface area contributed by atoms with Crippen molar-refractivity contribution >= 4 is 17.4 Å². The maximum Gasteiger partial charge on any atom is 0.227 e. The average Bonchev–Trinajstić information content (AvgIpc) is 3.26. The summed E-state index contributed by atoms with van der Waals surface area (Å²) in [6.45, 7) is 2.88. The van der Waals surface area contributed by atoms with E-state index < -0.39 is 0 Å². The van der Waals surface area contributed by atoms with Crippen LogP contribution in [0, 0.1) is 11.7 Å².